The van der Waals surface area contributed by atoms with Gasteiger partial charge in [-0.2, -0.15) is 18.3 Å². The predicted molar refractivity (Wildman–Crippen MR) is 55.2 cm³/mol. The van der Waals surface area contributed by atoms with Crippen LogP contribution in [0.25, 0.3) is 0 Å². The van der Waals surface area contributed by atoms with Crippen molar-refractivity contribution in [3.05, 3.63) is 16.4 Å². The molecule has 1 aromatic rings. The zero-order chi connectivity index (χ0) is 12.3. The Morgan fingerprint density at radius 1 is 1.56 bits per heavy atom. The summed E-state index contributed by atoms with van der Waals surface area (Å²) in [7, 11) is 0. The van der Waals surface area contributed by atoms with Crippen LogP contribution in [-0.2, 0) is 6.54 Å². The van der Waals surface area contributed by atoms with Gasteiger partial charge in [0.2, 0.25) is 0 Å². The topological polar surface area (TPSA) is 34.9 Å². The highest BCUT2D eigenvalue weighted by molar-refractivity contribution is 9.10. The fraction of sp³-hybridized carbons (Fsp3) is 0.556. The van der Waals surface area contributed by atoms with Gasteiger partial charge < -0.3 is 0 Å². The first-order chi connectivity index (χ1) is 7.35. The molecule has 0 saturated carbocycles. The summed E-state index contributed by atoms with van der Waals surface area (Å²) in [4.78, 5) is 11.4. The Morgan fingerprint density at radius 3 is 2.69 bits per heavy atom. The van der Waals surface area contributed by atoms with Gasteiger partial charge in [0.05, 0.1) is 10.7 Å². The van der Waals surface area contributed by atoms with Gasteiger partial charge >= 0.3 is 6.18 Å². The zero-order valence-corrected chi connectivity index (χ0v) is 10.1. The molecule has 0 radical (unpaired) electrons. The van der Waals surface area contributed by atoms with Crippen LogP contribution in [0.4, 0.5) is 13.2 Å². The third-order valence-electron chi connectivity index (χ3n) is 1.86. The maximum atomic E-state index is 12.1. The smallest absolute Gasteiger partial charge is 0.292 e. The van der Waals surface area contributed by atoms with Crippen LogP contribution in [0.15, 0.2) is 10.7 Å². The van der Waals surface area contributed by atoms with Gasteiger partial charge in [-0.25, -0.2) is 0 Å². The van der Waals surface area contributed by atoms with Crippen LogP contribution in [0.3, 0.4) is 0 Å². The number of Topliss-reactive ketones (excluding diaryl/α,β-unsaturated/α-hetero) is 1. The minimum atomic E-state index is -4.49. The van der Waals surface area contributed by atoms with Crippen molar-refractivity contribution in [2.24, 2.45) is 0 Å². The second kappa shape index (κ2) is 4.99. The maximum absolute atomic E-state index is 12.1. The Balaban J connectivity index is 2.93. The van der Waals surface area contributed by atoms with E-state index in [1.54, 1.807) is 0 Å². The molecule has 3 nitrogen and oxygen atoms in total. The number of hydrogen-bond acceptors (Lipinski definition) is 2. The van der Waals surface area contributed by atoms with Gasteiger partial charge in [-0.3, -0.25) is 9.48 Å². The number of nitrogens with zero attached hydrogens (tertiary/aromatic N) is 2. The number of halogens is 4. The number of hydrogen-bond donors (Lipinski definition) is 0. The summed E-state index contributed by atoms with van der Waals surface area (Å²) in [6.45, 7) is 2.28. The zero-order valence-electron chi connectivity index (χ0n) is 8.51. The van der Waals surface area contributed by atoms with Crippen molar-refractivity contribution in [2.75, 3.05) is 0 Å². The van der Waals surface area contributed by atoms with E-state index in [0.717, 1.165) is 0 Å². The Bertz CT molecular complexity index is 387. The second-order valence-corrected chi connectivity index (χ2v) is 4.13. The average molecular weight is 299 g/mol. The van der Waals surface area contributed by atoms with E-state index in [1.165, 1.54) is 10.9 Å². The van der Waals surface area contributed by atoms with E-state index in [4.69, 9.17) is 0 Å². The van der Waals surface area contributed by atoms with Crippen molar-refractivity contribution in [3.8, 4) is 0 Å². The van der Waals surface area contributed by atoms with Crippen LogP contribution in [-0.4, -0.2) is 21.7 Å². The van der Waals surface area contributed by atoms with Gasteiger partial charge in [-0.05, 0) is 22.4 Å². The van der Waals surface area contributed by atoms with Gasteiger partial charge in [-0.1, -0.05) is 6.92 Å². The van der Waals surface area contributed by atoms with Crippen LogP contribution in [0, 0.1) is 0 Å². The molecule has 90 valence electrons. The number of aryl methyl sites for hydroxylation is 1. The minimum Gasteiger partial charge on any atom is -0.292 e. The number of alkyl halides is 3. The van der Waals surface area contributed by atoms with E-state index in [-0.39, 0.29) is 5.69 Å². The molecular weight excluding hydrogens is 289 g/mol. The first-order valence-corrected chi connectivity index (χ1v) is 5.45. The van der Waals surface area contributed by atoms with Crippen molar-refractivity contribution in [1.82, 2.24) is 9.78 Å². The van der Waals surface area contributed by atoms with Crippen LogP contribution < -0.4 is 0 Å². The van der Waals surface area contributed by atoms with E-state index in [9.17, 15) is 18.0 Å². The average Bonchev–Trinajstić information content (AvgIpc) is 2.44. The minimum absolute atomic E-state index is 0.0147. The lowest BCUT2D eigenvalue weighted by atomic mass is 10.2. The maximum Gasteiger partial charge on any atom is 0.396 e. The number of aromatic nitrogens is 2. The SMILES string of the molecule is CCCn1ncc(Br)c1C(=O)CC(F)(F)F. The Morgan fingerprint density at radius 2 is 2.19 bits per heavy atom. The molecule has 0 spiro atoms. The molecule has 0 aliphatic heterocycles. The lowest BCUT2D eigenvalue weighted by Crippen LogP contribution is -2.19. The molecule has 0 fully saturated rings. The molecular formula is C9H10BrF3N2O. The normalized spacial score (nSPS) is 11.8. The van der Waals surface area contributed by atoms with Crippen molar-refractivity contribution in [2.45, 2.75) is 32.5 Å². The number of ketones is 1. The summed E-state index contributed by atoms with van der Waals surface area (Å²) >= 11 is 3.02. The first-order valence-electron chi connectivity index (χ1n) is 4.66. The molecule has 0 aliphatic carbocycles. The van der Waals surface area contributed by atoms with Crippen molar-refractivity contribution >= 4 is 21.7 Å². The van der Waals surface area contributed by atoms with Gasteiger partial charge in [0.15, 0.2) is 5.78 Å². The van der Waals surface area contributed by atoms with Crippen molar-refractivity contribution in [3.63, 3.8) is 0 Å². The highest BCUT2D eigenvalue weighted by atomic mass is 79.9. The van der Waals surface area contributed by atoms with Crippen molar-refractivity contribution in [1.29, 1.82) is 0 Å². The number of carbonyl (C=O) groups excluding carboxylic acids is 1. The van der Waals surface area contributed by atoms with Gasteiger partial charge in [0.1, 0.15) is 12.1 Å². The van der Waals surface area contributed by atoms with Crippen LogP contribution >= 0.6 is 15.9 Å². The third kappa shape index (κ3) is 3.33. The molecule has 0 aromatic carbocycles. The quantitative estimate of drug-likeness (QED) is 0.800. The molecule has 0 N–H and O–H groups in total. The number of carbonyl (C=O) groups is 1. The van der Waals surface area contributed by atoms with Gasteiger partial charge in [0.25, 0.3) is 0 Å². The van der Waals surface area contributed by atoms with E-state index < -0.39 is 18.4 Å². The molecule has 0 atom stereocenters. The van der Waals surface area contributed by atoms with Crippen molar-refractivity contribution < 1.29 is 18.0 Å². The fourth-order valence-corrected chi connectivity index (χ4v) is 1.80. The van der Waals surface area contributed by atoms with E-state index in [2.05, 4.69) is 21.0 Å². The molecule has 0 unspecified atom stereocenters. The monoisotopic (exact) mass is 298 g/mol. The Hall–Kier alpha value is -0.850. The summed E-state index contributed by atoms with van der Waals surface area (Å²) in [5, 5.41) is 3.84. The summed E-state index contributed by atoms with van der Waals surface area (Å²) in [5.74, 6) is -0.967. The van der Waals surface area contributed by atoms with E-state index in [1.807, 2.05) is 6.92 Å². The van der Waals surface area contributed by atoms with Crippen LogP contribution in [0.2, 0.25) is 0 Å². The molecule has 1 heterocycles. The summed E-state index contributed by atoms with van der Waals surface area (Å²) in [6, 6.07) is 0. The Kier molecular flexibility index (Phi) is 4.12. The fourth-order valence-electron chi connectivity index (χ4n) is 1.29. The number of rotatable bonds is 4. The highest BCUT2D eigenvalue weighted by Crippen LogP contribution is 2.25. The molecule has 16 heavy (non-hydrogen) atoms. The molecule has 0 bridgehead atoms. The van der Waals surface area contributed by atoms with E-state index in [0.29, 0.717) is 17.4 Å². The highest BCUT2D eigenvalue weighted by Gasteiger charge is 2.33. The molecule has 0 saturated heterocycles. The summed E-state index contributed by atoms with van der Waals surface area (Å²) in [6.07, 6.45) is -3.92. The largest absolute Gasteiger partial charge is 0.396 e. The lowest BCUT2D eigenvalue weighted by Gasteiger charge is -2.08. The Labute approximate surface area is 98.8 Å². The molecule has 0 aliphatic rings. The van der Waals surface area contributed by atoms with Gasteiger partial charge in [0, 0.05) is 6.54 Å². The lowest BCUT2D eigenvalue weighted by molar-refractivity contribution is -0.125. The summed E-state index contributed by atoms with van der Waals surface area (Å²) in [5.41, 5.74) is -0.0147. The third-order valence-corrected chi connectivity index (χ3v) is 2.44. The van der Waals surface area contributed by atoms with Crippen LogP contribution in [0.5, 0.6) is 0 Å². The van der Waals surface area contributed by atoms with Gasteiger partial charge in [-0.15, -0.1) is 0 Å². The standard InChI is InChI=1S/C9H10BrF3N2O/c1-2-3-15-8(6(10)5-14-15)7(16)4-9(11,12)13/h5H,2-4H2,1H3. The van der Waals surface area contributed by atoms with Crippen LogP contribution in [0.1, 0.15) is 30.3 Å². The molecule has 1 aromatic heterocycles. The van der Waals surface area contributed by atoms with E-state index >= 15 is 0 Å². The second-order valence-electron chi connectivity index (χ2n) is 3.28. The predicted octanol–water partition coefficient (Wildman–Crippen LogP) is 3.19. The molecule has 1 rings (SSSR count). The molecule has 7 heteroatoms. The first kappa shape index (κ1) is 13.2. The molecule has 0 amide bonds. The summed E-state index contributed by atoms with van der Waals surface area (Å²) < 4.78 is 37.8.